The van der Waals surface area contributed by atoms with E-state index in [4.69, 9.17) is 9.97 Å². The van der Waals surface area contributed by atoms with E-state index in [-0.39, 0.29) is 5.92 Å². The summed E-state index contributed by atoms with van der Waals surface area (Å²) in [6.07, 6.45) is 8.94. The van der Waals surface area contributed by atoms with E-state index >= 15 is 0 Å². The highest BCUT2D eigenvalue weighted by molar-refractivity contribution is 8.00. The number of nitrogens with zero attached hydrogens (tertiary/aromatic N) is 4. The minimum absolute atomic E-state index is 0.217. The van der Waals surface area contributed by atoms with Crippen LogP contribution >= 0.6 is 23.1 Å². The van der Waals surface area contributed by atoms with Crippen LogP contribution in [0, 0.1) is 0 Å². The van der Waals surface area contributed by atoms with Crippen molar-refractivity contribution >= 4 is 97.8 Å². The third-order valence-electron chi connectivity index (χ3n) is 10.6. The molecule has 5 heterocycles. The lowest BCUT2D eigenvalue weighted by Gasteiger charge is -2.30. The summed E-state index contributed by atoms with van der Waals surface area (Å²) in [5.74, 6) is 0.952. The fourth-order valence-electron chi connectivity index (χ4n) is 8.47. The molecule has 12 rings (SSSR count). The molecule has 0 bridgehead atoms. The highest BCUT2D eigenvalue weighted by atomic mass is 32.2. The van der Waals surface area contributed by atoms with Gasteiger partial charge < -0.3 is 4.57 Å². The van der Waals surface area contributed by atoms with Crippen molar-refractivity contribution in [3.05, 3.63) is 151 Å². The lowest BCUT2D eigenvalue weighted by atomic mass is 9.93. The Morgan fingerprint density at radius 2 is 1.18 bits per heavy atom. The molecule has 2 atom stereocenters. The Morgan fingerprint density at radius 3 is 1.94 bits per heavy atom. The van der Waals surface area contributed by atoms with Crippen molar-refractivity contribution < 1.29 is 0 Å². The van der Waals surface area contributed by atoms with Gasteiger partial charge in [0, 0.05) is 68.9 Å². The van der Waals surface area contributed by atoms with Gasteiger partial charge in [0.15, 0.2) is 0 Å². The third kappa shape index (κ3) is 3.62. The van der Waals surface area contributed by atoms with E-state index in [1.165, 1.54) is 68.7 Å². The average molecular weight is 675 g/mol. The second-order valence-electron chi connectivity index (χ2n) is 13.3. The Bertz CT molecular complexity index is 3140. The van der Waals surface area contributed by atoms with Gasteiger partial charge in [0.25, 0.3) is 0 Å². The number of benzene rings is 6. The van der Waals surface area contributed by atoms with Gasteiger partial charge in [-0.25, -0.2) is 9.97 Å². The molecule has 1 aliphatic carbocycles. The molecule has 0 spiro atoms. The van der Waals surface area contributed by atoms with Crippen molar-refractivity contribution in [3.8, 4) is 11.6 Å². The van der Waals surface area contributed by atoms with Crippen LogP contribution in [-0.2, 0) is 0 Å². The summed E-state index contributed by atoms with van der Waals surface area (Å²) < 4.78 is 7.25. The number of allylic oxidation sites excluding steroid dienone is 3. The topological polar surface area (TPSA) is 35.6 Å². The van der Waals surface area contributed by atoms with Crippen LogP contribution in [0.25, 0.3) is 86.3 Å². The molecule has 4 aromatic heterocycles. The van der Waals surface area contributed by atoms with E-state index < -0.39 is 0 Å². The summed E-state index contributed by atoms with van der Waals surface area (Å²) in [7, 11) is 0. The number of aromatic nitrogens is 4. The van der Waals surface area contributed by atoms with Gasteiger partial charge in [0.1, 0.15) is 0 Å². The first-order valence-corrected chi connectivity index (χ1v) is 18.7. The predicted octanol–water partition coefficient (Wildman–Crippen LogP) is 11.9. The second-order valence-corrected chi connectivity index (χ2v) is 15.6. The maximum absolute atomic E-state index is 5.43. The van der Waals surface area contributed by atoms with Gasteiger partial charge in [0.05, 0.1) is 33.3 Å². The average Bonchev–Trinajstić information content (AvgIpc) is 3.80. The highest BCUT2D eigenvalue weighted by Crippen LogP contribution is 2.48. The number of thioether (sulfide) groups is 1. The molecule has 4 nitrogen and oxygen atoms in total. The summed E-state index contributed by atoms with van der Waals surface area (Å²) in [5.41, 5.74) is 8.03. The van der Waals surface area contributed by atoms with Crippen LogP contribution in [0.4, 0.5) is 0 Å². The number of hydrogen-bond acceptors (Lipinski definition) is 4. The second kappa shape index (κ2) is 9.94. The Morgan fingerprint density at radius 1 is 0.520 bits per heavy atom. The van der Waals surface area contributed by atoms with Crippen LogP contribution in [0.2, 0.25) is 0 Å². The van der Waals surface area contributed by atoms with E-state index in [0.29, 0.717) is 5.25 Å². The molecule has 0 fully saturated rings. The highest BCUT2D eigenvalue weighted by Gasteiger charge is 2.32. The molecule has 0 amide bonds. The van der Waals surface area contributed by atoms with E-state index in [2.05, 4.69) is 155 Å². The maximum atomic E-state index is 5.43. The van der Waals surface area contributed by atoms with Crippen molar-refractivity contribution in [1.82, 2.24) is 19.1 Å². The predicted molar refractivity (Wildman–Crippen MR) is 212 cm³/mol. The van der Waals surface area contributed by atoms with Gasteiger partial charge >= 0.3 is 0 Å². The molecule has 0 saturated heterocycles. The zero-order valence-corrected chi connectivity index (χ0v) is 28.2. The molecule has 0 saturated carbocycles. The fraction of sp³-hybridized carbons (Fsp3) is 0.0455. The van der Waals surface area contributed by atoms with Gasteiger partial charge in [-0.05, 0) is 60.7 Å². The zero-order chi connectivity index (χ0) is 32.5. The van der Waals surface area contributed by atoms with Crippen LogP contribution in [0.3, 0.4) is 0 Å². The van der Waals surface area contributed by atoms with Crippen molar-refractivity contribution in [1.29, 1.82) is 0 Å². The fourth-order valence-corrected chi connectivity index (χ4v) is 10.9. The lowest BCUT2D eigenvalue weighted by Crippen LogP contribution is -2.20. The summed E-state index contributed by atoms with van der Waals surface area (Å²) in [4.78, 5) is 12.0. The Labute approximate surface area is 294 Å². The van der Waals surface area contributed by atoms with E-state index in [0.717, 1.165) is 28.2 Å². The van der Waals surface area contributed by atoms with E-state index in [9.17, 15) is 0 Å². The van der Waals surface area contributed by atoms with E-state index in [1.54, 1.807) is 0 Å². The van der Waals surface area contributed by atoms with Crippen LogP contribution in [0.1, 0.15) is 11.6 Å². The summed E-state index contributed by atoms with van der Waals surface area (Å²) in [5, 5.41) is 9.10. The first-order valence-electron chi connectivity index (χ1n) is 17.0. The molecular weight excluding hydrogens is 649 g/mol. The molecule has 1 aliphatic heterocycles. The summed E-state index contributed by atoms with van der Waals surface area (Å²) in [6, 6.07) is 44.3. The largest absolute Gasteiger partial charge is 0.309 e. The monoisotopic (exact) mass is 674 g/mol. The molecule has 234 valence electrons. The zero-order valence-electron chi connectivity index (χ0n) is 26.6. The molecule has 0 radical (unpaired) electrons. The number of rotatable bonds is 2. The molecule has 0 N–H and O–H groups in total. The molecule has 2 aliphatic rings. The molecular formula is C44H26N4S2. The normalized spacial score (nSPS) is 17.0. The quantitative estimate of drug-likeness (QED) is 0.183. The Kier molecular flexibility index (Phi) is 5.40. The van der Waals surface area contributed by atoms with Gasteiger partial charge in [0.2, 0.25) is 5.95 Å². The third-order valence-corrected chi connectivity index (χ3v) is 13.1. The van der Waals surface area contributed by atoms with Crippen molar-refractivity contribution in [2.45, 2.75) is 16.1 Å². The Balaban J connectivity index is 1.15. The Hall–Kier alpha value is -5.69. The van der Waals surface area contributed by atoms with Gasteiger partial charge in [-0.1, -0.05) is 85.0 Å². The smallest absolute Gasteiger partial charge is 0.235 e. The van der Waals surface area contributed by atoms with Gasteiger partial charge in [-0.2, -0.15) is 0 Å². The number of hydrogen-bond donors (Lipinski definition) is 0. The molecule has 50 heavy (non-hydrogen) atoms. The molecule has 6 heteroatoms. The maximum Gasteiger partial charge on any atom is 0.235 e. The summed E-state index contributed by atoms with van der Waals surface area (Å²) in [6.45, 7) is 0. The SMILES string of the molecule is C1=CC2Sc3cccc4nc(-n5c6ccccc6c6cc7c(cc65)sc5cc6c(cc57)c5ccccc5n6-c5ccccc5)nc(c34)C2C=C1. The van der Waals surface area contributed by atoms with Crippen molar-refractivity contribution in [2.75, 3.05) is 0 Å². The van der Waals surface area contributed by atoms with Crippen LogP contribution in [0.5, 0.6) is 0 Å². The van der Waals surface area contributed by atoms with E-state index in [1.807, 2.05) is 23.1 Å². The first kappa shape index (κ1) is 27.2. The summed E-state index contributed by atoms with van der Waals surface area (Å²) >= 11 is 3.79. The van der Waals surface area contributed by atoms with Crippen LogP contribution in [-0.4, -0.2) is 24.4 Å². The van der Waals surface area contributed by atoms with Crippen molar-refractivity contribution in [2.24, 2.45) is 0 Å². The number of para-hydroxylation sites is 3. The standard InChI is InChI=1S/C44H26N4S2/c1-2-11-25(12-3-1)47-34-17-7-4-13-26(34)29-21-31-32-22-30-27-14-5-8-18-35(27)48(37(30)24-41(32)50-40(31)23-36(29)47)44-45-33-16-10-20-39-42(33)43(46-44)28-15-6-9-19-38(28)49-39/h1-24,28,38H. The van der Waals surface area contributed by atoms with Gasteiger partial charge in [-0.15, -0.1) is 23.1 Å². The van der Waals surface area contributed by atoms with Crippen LogP contribution < -0.4 is 0 Å². The lowest BCUT2D eigenvalue weighted by molar-refractivity contribution is 0.812. The van der Waals surface area contributed by atoms with Crippen LogP contribution in [0.15, 0.2) is 151 Å². The first-order chi connectivity index (χ1) is 24.8. The molecule has 6 aromatic carbocycles. The number of thiophene rings is 1. The van der Waals surface area contributed by atoms with Crippen molar-refractivity contribution in [3.63, 3.8) is 0 Å². The minimum Gasteiger partial charge on any atom is -0.309 e. The molecule has 2 unspecified atom stereocenters. The number of fused-ring (bicyclic) bond motifs is 11. The van der Waals surface area contributed by atoms with Gasteiger partial charge in [-0.3, -0.25) is 4.57 Å². The minimum atomic E-state index is 0.217. The molecule has 10 aromatic rings.